The highest BCUT2D eigenvalue weighted by Crippen LogP contribution is 2.37. The summed E-state index contributed by atoms with van der Waals surface area (Å²) in [7, 11) is 0. The summed E-state index contributed by atoms with van der Waals surface area (Å²) in [5, 5.41) is 2.25. The quantitative estimate of drug-likeness (QED) is 0.651. The number of hydrogen-bond acceptors (Lipinski definition) is 2. The van der Waals surface area contributed by atoms with E-state index in [1.165, 1.54) is 0 Å². The van der Waals surface area contributed by atoms with Crippen LogP contribution in [0.2, 0.25) is 0 Å². The van der Waals surface area contributed by atoms with Crippen molar-refractivity contribution in [1.29, 1.82) is 0 Å². The summed E-state index contributed by atoms with van der Waals surface area (Å²) in [5.74, 6) is -3.66. The number of nitrogens with two attached hydrogens (primary N) is 1. The Bertz CT molecular complexity index is 533. The van der Waals surface area contributed by atoms with Gasteiger partial charge in [0.1, 0.15) is 0 Å². The minimum absolute atomic E-state index is 0.219. The van der Waals surface area contributed by atoms with E-state index in [1.807, 2.05) is 0 Å². The number of rotatable bonds is 2. The van der Waals surface area contributed by atoms with Gasteiger partial charge in [0, 0.05) is 30.1 Å². The van der Waals surface area contributed by atoms with Crippen molar-refractivity contribution in [2.45, 2.75) is 31.0 Å². The smallest absolute Gasteiger partial charge is 0.399 e. The van der Waals surface area contributed by atoms with Gasteiger partial charge in [-0.25, -0.2) is 8.78 Å². The topological polar surface area (TPSA) is 55.1 Å². The van der Waals surface area contributed by atoms with Crippen LogP contribution in [0.25, 0.3) is 0 Å². The van der Waals surface area contributed by atoms with Crippen LogP contribution >= 0.6 is 0 Å². The molecule has 0 unspecified atom stereocenters. The Kier molecular flexibility index (Phi) is 3.35. The highest BCUT2D eigenvalue weighted by atomic mass is 19.4. The van der Waals surface area contributed by atoms with Crippen LogP contribution in [0.4, 0.5) is 27.6 Å². The average Bonchev–Trinajstić information content (AvgIpc) is 2.24. The fraction of sp³-hybridized carbons (Fsp3) is 0.417. The van der Waals surface area contributed by atoms with E-state index in [2.05, 4.69) is 5.32 Å². The standard InChI is InChI=1S/C12H11F5N2O/c13-11(14)4-9(5-11)19-10(20)6-1-7(12(15,16)17)3-8(18)2-6/h1-3,9H,4-5,18H2,(H,19,20). The number of carbonyl (C=O) groups excluding carboxylic acids is 1. The SMILES string of the molecule is Nc1cc(C(=O)NC2CC(F)(F)C2)cc(C(F)(F)F)c1. The second-order valence-electron chi connectivity index (χ2n) is 4.78. The Morgan fingerprint density at radius 3 is 2.35 bits per heavy atom. The molecule has 3 nitrogen and oxygen atoms in total. The molecule has 0 atom stereocenters. The number of hydrogen-bond donors (Lipinski definition) is 2. The molecule has 0 radical (unpaired) electrons. The minimum atomic E-state index is -4.63. The van der Waals surface area contributed by atoms with Gasteiger partial charge >= 0.3 is 6.18 Å². The highest BCUT2D eigenvalue weighted by Gasteiger charge is 2.46. The van der Waals surface area contributed by atoms with Crippen molar-refractivity contribution < 1.29 is 26.7 Å². The fourth-order valence-electron chi connectivity index (χ4n) is 1.98. The number of nitrogens with one attached hydrogen (secondary N) is 1. The molecule has 0 heterocycles. The summed E-state index contributed by atoms with van der Waals surface area (Å²) in [6, 6.07) is 1.69. The molecule has 1 aliphatic rings. The van der Waals surface area contributed by atoms with E-state index in [0.717, 1.165) is 6.07 Å². The molecule has 1 aromatic rings. The lowest BCUT2D eigenvalue weighted by Crippen LogP contribution is -2.50. The second-order valence-corrected chi connectivity index (χ2v) is 4.78. The number of anilines is 1. The molecule has 1 saturated carbocycles. The first-order valence-electron chi connectivity index (χ1n) is 5.73. The predicted octanol–water partition coefficient (Wildman–Crippen LogP) is 2.82. The van der Waals surface area contributed by atoms with Gasteiger partial charge in [0.2, 0.25) is 0 Å². The number of nitrogen functional groups attached to an aromatic ring is 1. The van der Waals surface area contributed by atoms with Crippen molar-refractivity contribution >= 4 is 11.6 Å². The Morgan fingerprint density at radius 1 is 1.25 bits per heavy atom. The lowest BCUT2D eigenvalue weighted by atomic mass is 9.88. The molecule has 8 heteroatoms. The zero-order chi connectivity index (χ0) is 15.1. The largest absolute Gasteiger partial charge is 0.416 e. The normalized spacial score (nSPS) is 18.4. The molecule has 0 aliphatic heterocycles. The number of benzene rings is 1. The van der Waals surface area contributed by atoms with Gasteiger partial charge in [0.15, 0.2) is 0 Å². The first-order chi connectivity index (χ1) is 9.07. The zero-order valence-electron chi connectivity index (χ0n) is 10.1. The maximum atomic E-state index is 12.6. The number of amides is 1. The maximum Gasteiger partial charge on any atom is 0.416 e. The second kappa shape index (κ2) is 4.60. The summed E-state index contributed by atoms with van der Waals surface area (Å²) in [6.45, 7) is 0. The van der Waals surface area contributed by atoms with Gasteiger partial charge in [-0.15, -0.1) is 0 Å². The van der Waals surface area contributed by atoms with Crippen LogP contribution in [0.5, 0.6) is 0 Å². The zero-order valence-corrected chi connectivity index (χ0v) is 10.1. The summed E-state index contributed by atoms with van der Waals surface area (Å²) >= 11 is 0. The van der Waals surface area contributed by atoms with Crippen LogP contribution in [0.1, 0.15) is 28.8 Å². The third-order valence-electron chi connectivity index (χ3n) is 2.97. The monoisotopic (exact) mass is 294 g/mol. The lowest BCUT2D eigenvalue weighted by Gasteiger charge is -2.35. The Hall–Kier alpha value is -1.86. The number of halogens is 5. The molecule has 3 N–H and O–H groups in total. The summed E-state index contributed by atoms with van der Waals surface area (Å²) < 4.78 is 62.9. The third-order valence-corrected chi connectivity index (χ3v) is 2.97. The van der Waals surface area contributed by atoms with Crippen LogP contribution in [0.3, 0.4) is 0 Å². The van der Waals surface area contributed by atoms with Crippen molar-refractivity contribution in [3.63, 3.8) is 0 Å². The third kappa shape index (κ3) is 3.17. The van der Waals surface area contributed by atoms with Crippen molar-refractivity contribution in [2.24, 2.45) is 0 Å². The van der Waals surface area contributed by atoms with Gasteiger partial charge in [-0.2, -0.15) is 13.2 Å². The van der Waals surface area contributed by atoms with Gasteiger partial charge < -0.3 is 11.1 Å². The fourth-order valence-corrected chi connectivity index (χ4v) is 1.98. The van der Waals surface area contributed by atoms with Crippen LogP contribution in [0, 0.1) is 0 Å². The van der Waals surface area contributed by atoms with Gasteiger partial charge in [0.25, 0.3) is 11.8 Å². The molecule has 0 bridgehead atoms. The Balaban J connectivity index is 2.12. The predicted molar refractivity (Wildman–Crippen MR) is 61.3 cm³/mol. The van der Waals surface area contributed by atoms with Crippen LogP contribution in [0.15, 0.2) is 18.2 Å². The average molecular weight is 294 g/mol. The highest BCUT2D eigenvalue weighted by molar-refractivity contribution is 5.95. The van der Waals surface area contributed by atoms with Gasteiger partial charge in [0.05, 0.1) is 5.56 Å². The molecule has 1 amide bonds. The van der Waals surface area contributed by atoms with E-state index < -0.39 is 42.5 Å². The molecule has 2 rings (SSSR count). The van der Waals surface area contributed by atoms with E-state index in [-0.39, 0.29) is 11.3 Å². The van der Waals surface area contributed by atoms with E-state index in [0.29, 0.717) is 12.1 Å². The number of alkyl halides is 5. The van der Waals surface area contributed by atoms with Crippen molar-refractivity contribution in [3.8, 4) is 0 Å². The molecule has 110 valence electrons. The Labute approximate surface area is 110 Å². The maximum absolute atomic E-state index is 12.6. The van der Waals surface area contributed by atoms with Gasteiger partial charge in [-0.1, -0.05) is 0 Å². The van der Waals surface area contributed by atoms with E-state index in [1.54, 1.807) is 0 Å². The number of carbonyl (C=O) groups is 1. The van der Waals surface area contributed by atoms with Crippen LogP contribution < -0.4 is 11.1 Å². The van der Waals surface area contributed by atoms with Crippen molar-refractivity contribution in [3.05, 3.63) is 29.3 Å². The summed E-state index contributed by atoms with van der Waals surface area (Å²) in [6.07, 6.45) is -5.64. The molecular formula is C12H11F5N2O. The molecular weight excluding hydrogens is 283 g/mol. The molecule has 1 fully saturated rings. The van der Waals surface area contributed by atoms with Gasteiger partial charge in [-0.05, 0) is 18.2 Å². The van der Waals surface area contributed by atoms with E-state index in [4.69, 9.17) is 5.73 Å². The van der Waals surface area contributed by atoms with Crippen molar-refractivity contribution in [1.82, 2.24) is 5.32 Å². The first-order valence-corrected chi connectivity index (χ1v) is 5.73. The van der Waals surface area contributed by atoms with Crippen LogP contribution in [-0.2, 0) is 6.18 Å². The van der Waals surface area contributed by atoms with Crippen molar-refractivity contribution in [2.75, 3.05) is 5.73 Å². The molecule has 1 aromatic carbocycles. The van der Waals surface area contributed by atoms with E-state index in [9.17, 15) is 26.7 Å². The molecule has 20 heavy (non-hydrogen) atoms. The molecule has 0 saturated heterocycles. The van der Waals surface area contributed by atoms with Gasteiger partial charge in [-0.3, -0.25) is 4.79 Å². The Morgan fingerprint density at radius 2 is 1.85 bits per heavy atom. The van der Waals surface area contributed by atoms with Crippen LogP contribution in [-0.4, -0.2) is 17.9 Å². The molecule has 1 aliphatic carbocycles. The minimum Gasteiger partial charge on any atom is -0.399 e. The molecule has 0 spiro atoms. The summed E-state index contributed by atoms with van der Waals surface area (Å²) in [4.78, 5) is 11.7. The molecule has 0 aromatic heterocycles. The first kappa shape index (κ1) is 14.5. The van der Waals surface area contributed by atoms with E-state index >= 15 is 0 Å². The lowest BCUT2D eigenvalue weighted by molar-refractivity contribution is -0.137. The summed E-state index contributed by atoms with van der Waals surface area (Å²) in [5.41, 5.74) is 3.74.